The van der Waals surface area contributed by atoms with E-state index < -0.39 is 16.1 Å². The molecule has 0 aliphatic carbocycles. The number of methoxy groups -OCH3 is 1. The third-order valence-electron chi connectivity index (χ3n) is 4.06. The van der Waals surface area contributed by atoms with E-state index in [4.69, 9.17) is 4.74 Å². The number of aryl methyl sites for hydroxylation is 1. The van der Waals surface area contributed by atoms with Crippen molar-refractivity contribution in [1.82, 2.24) is 4.72 Å². The van der Waals surface area contributed by atoms with Gasteiger partial charge in [0.1, 0.15) is 10.6 Å². The molecule has 0 saturated carbocycles. The summed E-state index contributed by atoms with van der Waals surface area (Å²) in [4.78, 5) is 0.0670. The molecule has 0 aliphatic heterocycles. The molecule has 136 valence electrons. The average molecular weight is 363 g/mol. The summed E-state index contributed by atoms with van der Waals surface area (Å²) in [7, 11) is -2.36. The summed E-state index contributed by atoms with van der Waals surface area (Å²) < 4.78 is 32.7. The fraction of sp³-hybridized carbons (Fsp3) is 0.368. The van der Waals surface area contributed by atoms with Gasteiger partial charge in [-0.2, -0.15) is 0 Å². The molecule has 0 radical (unpaired) electrons. The van der Waals surface area contributed by atoms with Gasteiger partial charge in [0.05, 0.1) is 13.2 Å². The Balaban J connectivity index is 2.12. The van der Waals surface area contributed by atoms with Crippen molar-refractivity contribution in [1.29, 1.82) is 0 Å². The topological polar surface area (TPSA) is 75.6 Å². The molecule has 0 aliphatic rings. The third kappa shape index (κ3) is 4.81. The summed E-state index contributed by atoms with van der Waals surface area (Å²) in [6, 6.07) is 12.5. The molecule has 0 bridgehead atoms. The zero-order valence-electron chi connectivity index (χ0n) is 15.0. The van der Waals surface area contributed by atoms with Gasteiger partial charge in [-0.3, -0.25) is 0 Å². The van der Waals surface area contributed by atoms with E-state index in [1.54, 1.807) is 18.2 Å². The second kappa shape index (κ2) is 7.99. The van der Waals surface area contributed by atoms with E-state index in [9.17, 15) is 13.5 Å². The summed E-state index contributed by atoms with van der Waals surface area (Å²) >= 11 is 0. The number of hydrogen-bond donors (Lipinski definition) is 2. The molecule has 2 rings (SSSR count). The van der Waals surface area contributed by atoms with Crippen LogP contribution < -0.4 is 9.46 Å². The van der Waals surface area contributed by atoms with Gasteiger partial charge in [0.2, 0.25) is 10.0 Å². The molecule has 2 aromatic carbocycles. The van der Waals surface area contributed by atoms with Crippen LogP contribution in [0.2, 0.25) is 0 Å². The van der Waals surface area contributed by atoms with Crippen LogP contribution in [0.3, 0.4) is 0 Å². The van der Waals surface area contributed by atoms with Gasteiger partial charge in [0.25, 0.3) is 0 Å². The number of hydrogen-bond acceptors (Lipinski definition) is 4. The predicted molar refractivity (Wildman–Crippen MR) is 98.4 cm³/mol. The first-order valence-electron chi connectivity index (χ1n) is 8.17. The van der Waals surface area contributed by atoms with E-state index in [-0.39, 0.29) is 17.2 Å². The van der Waals surface area contributed by atoms with E-state index in [0.29, 0.717) is 11.5 Å². The van der Waals surface area contributed by atoms with Crippen molar-refractivity contribution in [2.45, 2.75) is 37.7 Å². The number of ether oxygens (including phenoxy) is 1. The zero-order chi connectivity index (χ0) is 18.6. The summed E-state index contributed by atoms with van der Waals surface area (Å²) in [6.07, 6.45) is -0.924. The molecule has 5 nitrogen and oxygen atoms in total. The first-order valence-corrected chi connectivity index (χ1v) is 9.65. The highest BCUT2D eigenvalue weighted by molar-refractivity contribution is 7.89. The van der Waals surface area contributed by atoms with Gasteiger partial charge in [-0.25, -0.2) is 13.1 Å². The lowest BCUT2D eigenvalue weighted by molar-refractivity contribution is 0.182. The van der Waals surface area contributed by atoms with Gasteiger partial charge in [-0.05, 0) is 41.7 Å². The second-order valence-electron chi connectivity index (χ2n) is 6.34. The average Bonchev–Trinajstić information content (AvgIpc) is 2.59. The van der Waals surface area contributed by atoms with E-state index in [2.05, 4.69) is 18.6 Å². The Morgan fingerprint density at radius 1 is 1.08 bits per heavy atom. The molecule has 0 saturated heterocycles. The van der Waals surface area contributed by atoms with Crippen molar-refractivity contribution in [2.75, 3.05) is 13.7 Å². The summed E-state index contributed by atoms with van der Waals surface area (Å²) in [5.74, 6) is 0.673. The number of nitrogens with one attached hydrogen (secondary N) is 1. The molecule has 6 heteroatoms. The maximum absolute atomic E-state index is 12.5. The molecular weight excluding hydrogens is 338 g/mol. The summed E-state index contributed by atoms with van der Waals surface area (Å²) in [6.45, 7) is 5.88. The Morgan fingerprint density at radius 2 is 1.68 bits per heavy atom. The number of aliphatic hydroxyl groups excluding tert-OH is 1. The lowest BCUT2D eigenvalue weighted by Crippen LogP contribution is -2.29. The van der Waals surface area contributed by atoms with Crippen LogP contribution in [0.15, 0.2) is 47.4 Å². The molecule has 0 heterocycles. The minimum atomic E-state index is -3.79. The highest BCUT2D eigenvalue weighted by atomic mass is 32.2. The van der Waals surface area contributed by atoms with Gasteiger partial charge < -0.3 is 9.84 Å². The third-order valence-corrected chi connectivity index (χ3v) is 5.51. The molecule has 0 spiro atoms. The molecule has 1 atom stereocenters. The number of aliphatic hydroxyl groups is 1. The first kappa shape index (κ1) is 19.4. The fourth-order valence-corrected chi connectivity index (χ4v) is 3.77. The van der Waals surface area contributed by atoms with Crippen LogP contribution in [-0.4, -0.2) is 27.2 Å². The monoisotopic (exact) mass is 363 g/mol. The fourth-order valence-electron chi connectivity index (χ4n) is 2.48. The van der Waals surface area contributed by atoms with Crippen LogP contribution in [0.5, 0.6) is 5.75 Å². The Hall–Kier alpha value is -1.89. The Kier molecular flexibility index (Phi) is 6.21. The number of benzene rings is 2. The van der Waals surface area contributed by atoms with Gasteiger partial charge in [0, 0.05) is 6.54 Å². The van der Waals surface area contributed by atoms with Gasteiger partial charge in [0.15, 0.2) is 0 Å². The van der Waals surface area contributed by atoms with Crippen LogP contribution >= 0.6 is 0 Å². The molecule has 2 N–H and O–H groups in total. The van der Waals surface area contributed by atoms with E-state index >= 15 is 0 Å². The zero-order valence-corrected chi connectivity index (χ0v) is 15.8. The lowest BCUT2D eigenvalue weighted by atomic mass is 10.00. The van der Waals surface area contributed by atoms with E-state index in [1.807, 2.05) is 31.2 Å². The molecule has 0 amide bonds. The molecule has 2 aromatic rings. The van der Waals surface area contributed by atoms with Crippen LogP contribution in [0.4, 0.5) is 0 Å². The SMILES string of the molecule is COc1ccc(C)cc1S(=O)(=O)NCC(O)c1ccc(C(C)C)cc1. The minimum absolute atomic E-state index is 0.0670. The van der Waals surface area contributed by atoms with Gasteiger partial charge in [-0.15, -0.1) is 0 Å². The van der Waals surface area contributed by atoms with Crippen LogP contribution in [0, 0.1) is 6.92 Å². The van der Waals surface area contributed by atoms with Crippen LogP contribution in [0.1, 0.15) is 42.6 Å². The minimum Gasteiger partial charge on any atom is -0.495 e. The Morgan fingerprint density at radius 3 is 2.24 bits per heavy atom. The van der Waals surface area contributed by atoms with Crippen molar-refractivity contribution in [2.24, 2.45) is 0 Å². The van der Waals surface area contributed by atoms with Crippen molar-refractivity contribution < 1.29 is 18.3 Å². The molecular formula is C19H25NO4S. The maximum atomic E-state index is 12.5. The first-order chi connectivity index (χ1) is 11.7. The van der Waals surface area contributed by atoms with Crippen LogP contribution in [0.25, 0.3) is 0 Å². The highest BCUT2D eigenvalue weighted by Crippen LogP contribution is 2.25. The standard InChI is InChI=1S/C19H25NO4S/c1-13(2)15-6-8-16(9-7-15)17(21)12-20-25(22,23)19-11-14(3)5-10-18(19)24-4/h5-11,13,17,20-21H,12H2,1-4H3. The molecule has 0 fully saturated rings. The van der Waals surface area contributed by atoms with Gasteiger partial charge >= 0.3 is 0 Å². The van der Waals surface area contributed by atoms with Crippen molar-refractivity contribution in [3.05, 3.63) is 59.2 Å². The summed E-state index contributed by atoms with van der Waals surface area (Å²) in [5, 5.41) is 10.3. The Bertz CT molecular complexity index is 814. The van der Waals surface area contributed by atoms with Crippen molar-refractivity contribution >= 4 is 10.0 Å². The number of rotatable bonds is 7. The Labute approximate surface area is 149 Å². The number of sulfonamides is 1. The smallest absolute Gasteiger partial charge is 0.244 e. The molecule has 25 heavy (non-hydrogen) atoms. The normalized spacial score (nSPS) is 13.0. The highest BCUT2D eigenvalue weighted by Gasteiger charge is 2.21. The van der Waals surface area contributed by atoms with Crippen LogP contribution in [-0.2, 0) is 10.0 Å². The molecule has 1 unspecified atom stereocenters. The maximum Gasteiger partial charge on any atom is 0.244 e. The van der Waals surface area contributed by atoms with Crippen molar-refractivity contribution in [3.8, 4) is 5.75 Å². The quantitative estimate of drug-likeness (QED) is 0.792. The van der Waals surface area contributed by atoms with E-state index in [0.717, 1.165) is 5.56 Å². The molecule has 0 aromatic heterocycles. The predicted octanol–water partition coefficient (Wildman–Crippen LogP) is 3.14. The largest absolute Gasteiger partial charge is 0.495 e. The van der Waals surface area contributed by atoms with Crippen molar-refractivity contribution in [3.63, 3.8) is 0 Å². The summed E-state index contributed by atoms with van der Waals surface area (Å²) in [5.41, 5.74) is 2.65. The lowest BCUT2D eigenvalue weighted by Gasteiger charge is -2.15. The second-order valence-corrected chi connectivity index (χ2v) is 8.08. The van der Waals surface area contributed by atoms with E-state index in [1.165, 1.54) is 12.7 Å². The van der Waals surface area contributed by atoms with Gasteiger partial charge in [-0.1, -0.05) is 44.2 Å².